The van der Waals surface area contributed by atoms with Crippen LogP contribution in [0.25, 0.3) is 21.5 Å². The van der Waals surface area contributed by atoms with Crippen molar-refractivity contribution in [2.24, 2.45) is 0 Å². The maximum absolute atomic E-state index is 12.9. The van der Waals surface area contributed by atoms with Crippen molar-refractivity contribution < 1.29 is 12.6 Å². The Kier molecular flexibility index (Phi) is 3.70. The van der Waals surface area contributed by atoms with Gasteiger partial charge in [0.25, 0.3) is 0 Å². The van der Waals surface area contributed by atoms with Gasteiger partial charge in [0.05, 0.1) is 0 Å². The summed E-state index contributed by atoms with van der Waals surface area (Å²) in [4.78, 5) is 0.179. The van der Waals surface area contributed by atoms with Gasteiger partial charge in [-0.15, -0.1) is 0 Å². The Bertz CT molecular complexity index is 1190. The molecule has 0 atom stereocenters. The first kappa shape index (κ1) is 15.7. The summed E-state index contributed by atoms with van der Waals surface area (Å²) < 4.78 is 31.3. The van der Waals surface area contributed by atoms with Crippen LogP contribution >= 0.6 is 0 Å². The van der Waals surface area contributed by atoms with Crippen molar-refractivity contribution in [2.75, 3.05) is 0 Å². The summed E-state index contributed by atoms with van der Waals surface area (Å²) in [6.45, 7) is 1.87. The zero-order valence-electron chi connectivity index (χ0n) is 13.6. The van der Waals surface area contributed by atoms with Gasteiger partial charge in [-0.25, -0.2) is 0 Å². The van der Waals surface area contributed by atoms with Crippen molar-refractivity contribution in [3.05, 3.63) is 84.4 Å². The first-order chi connectivity index (χ1) is 12.1. The summed E-state index contributed by atoms with van der Waals surface area (Å²) in [5.41, 5.74) is 0.807. The van der Waals surface area contributed by atoms with Gasteiger partial charge in [-0.3, -0.25) is 0 Å². The number of fused-ring (bicyclic) bond motifs is 2. The van der Waals surface area contributed by atoms with E-state index in [2.05, 4.69) is 0 Å². The lowest BCUT2D eigenvalue weighted by molar-refractivity contribution is 0.485. The topological polar surface area (TPSA) is 43.4 Å². The Hall–Kier alpha value is -2.85. The minimum Gasteiger partial charge on any atom is -0.379 e. The third-order valence-electron chi connectivity index (χ3n) is 4.37. The van der Waals surface area contributed by atoms with Crippen LogP contribution in [0.15, 0.2) is 83.8 Å². The second-order valence-electron chi connectivity index (χ2n) is 5.92. The molecule has 0 unspecified atom stereocenters. The van der Waals surface area contributed by atoms with Crippen molar-refractivity contribution in [3.8, 4) is 5.75 Å². The monoisotopic (exact) mass is 348 g/mol. The van der Waals surface area contributed by atoms with Crippen LogP contribution < -0.4 is 4.18 Å². The maximum atomic E-state index is 12.9. The minimum atomic E-state index is -3.93. The molecule has 0 aliphatic heterocycles. The molecule has 4 aromatic carbocycles. The summed E-state index contributed by atoms with van der Waals surface area (Å²) >= 11 is 0. The van der Waals surface area contributed by atoms with E-state index in [0.717, 1.165) is 21.7 Å². The summed E-state index contributed by atoms with van der Waals surface area (Å²) in [6, 6.07) is 24.0. The van der Waals surface area contributed by atoms with Crippen LogP contribution in [0.2, 0.25) is 0 Å². The van der Waals surface area contributed by atoms with Gasteiger partial charge in [-0.05, 0) is 35.2 Å². The Labute approximate surface area is 146 Å². The fraction of sp³-hybridized carbons (Fsp3) is 0.0476. The largest absolute Gasteiger partial charge is 0.379 e. The van der Waals surface area contributed by atoms with Gasteiger partial charge in [0.2, 0.25) is 0 Å². The molecule has 3 nitrogen and oxygen atoms in total. The highest BCUT2D eigenvalue weighted by Gasteiger charge is 2.21. The highest BCUT2D eigenvalue weighted by Crippen LogP contribution is 2.31. The summed E-state index contributed by atoms with van der Waals surface area (Å²) in [5.74, 6) is 0.353. The number of benzene rings is 4. The Morgan fingerprint density at radius 3 is 2.04 bits per heavy atom. The van der Waals surface area contributed by atoms with E-state index in [-0.39, 0.29) is 4.90 Å². The zero-order valence-corrected chi connectivity index (χ0v) is 14.5. The Balaban J connectivity index is 1.83. The normalized spacial score (nSPS) is 11.7. The molecule has 25 heavy (non-hydrogen) atoms. The lowest BCUT2D eigenvalue weighted by Gasteiger charge is -2.13. The number of rotatable bonds is 3. The molecule has 124 valence electrons. The first-order valence-corrected chi connectivity index (χ1v) is 9.38. The fourth-order valence-corrected chi connectivity index (χ4v) is 4.28. The number of hydrogen-bond acceptors (Lipinski definition) is 3. The first-order valence-electron chi connectivity index (χ1n) is 7.97. The molecule has 0 radical (unpaired) electrons. The minimum absolute atomic E-state index is 0.179. The molecule has 4 aromatic rings. The van der Waals surface area contributed by atoms with E-state index in [0.29, 0.717) is 11.1 Å². The van der Waals surface area contributed by atoms with Gasteiger partial charge in [-0.2, -0.15) is 8.42 Å². The van der Waals surface area contributed by atoms with Crippen LogP contribution in [-0.4, -0.2) is 8.42 Å². The molecule has 4 heteroatoms. The molecule has 0 bridgehead atoms. The van der Waals surface area contributed by atoms with Gasteiger partial charge < -0.3 is 4.18 Å². The molecular formula is C21H16O3S. The molecule has 0 fully saturated rings. The van der Waals surface area contributed by atoms with E-state index in [1.165, 1.54) is 0 Å². The van der Waals surface area contributed by atoms with Crippen LogP contribution in [0.1, 0.15) is 5.56 Å². The lowest BCUT2D eigenvalue weighted by Crippen LogP contribution is -2.11. The van der Waals surface area contributed by atoms with Crippen LogP contribution in [0.3, 0.4) is 0 Å². The molecule has 0 aliphatic carbocycles. The number of aryl methyl sites for hydroxylation is 1. The molecule has 4 rings (SSSR count). The fourth-order valence-electron chi connectivity index (χ4n) is 3.07. The predicted octanol–water partition coefficient (Wildman–Crippen LogP) is 5.07. The number of hydrogen-bond donors (Lipinski definition) is 0. The second kappa shape index (κ2) is 5.90. The van der Waals surface area contributed by atoms with E-state index in [1.807, 2.05) is 61.5 Å². The van der Waals surface area contributed by atoms with Crippen molar-refractivity contribution in [3.63, 3.8) is 0 Å². The van der Waals surface area contributed by atoms with Gasteiger partial charge in [0, 0.05) is 10.9 Å². The van der Waals surface area contributed by atoms with Crippen molar-refractivity contribution in [1.29, 1.82) is 0 Å². The molecule has 0 N–H and O–H groups in total. The van der Waals surface area contributed by atoms with E-state index >= 15 is 0 Å². The highest BCUT2D eigenvalue weighted by atomic mass is 32.2. The standard InChI is InChI=1S/C21H16O3S/c1-15-18-10-4-2-8-17(18)13-14-20(15)24-25(22,23)21-12-6-9-16-7-3-5-11-19(16)21/h2-14H,1H3. The van der Waals surface area contributed by atoms with Gasteiger partial charge in [-0.1, -0.05) is 66.7 Å². The van der Waals surface area contributed by atoms with Gasteiger partial charge in [0.1, 0.15) is 10.6 Å². The van der Waals surface area contributed by atoms with E-state index in [1.54, 1.807) is 24.3 Å². The quantitative estimate of drug-likeness (QED) is 0.486. The third kappa shape index (κ3) is 2.75. The summed E-state index contributed by atoms with van der Waals surface area (Å²) in [6.07, 6.45) is 0. The van der Waals surface area contributed by atoms with Crippen molar-refractivity contribution in [1.82, 2.24) is 0 Å². The smallest absolute Gasteiger partial charge is 0.339 e. The van der Waals surface area contributed by atoms with Crippen LogP contribution in [0, 0.1) is 6.92 Å². The maximum Gasteiger partial charge on any atom is 0.339 e. The van der Waals surface area contributed by atoms with Crippen LogP contribution in [0.4, 0.5) is 0 Å². The van der Waals surface area contributed by atoms with E-state index < -0.39 is 10.1 Å². The van der Waals surface area contributed by atoms with Crippen molar-refractivity contribution >= 4 is 31.7 Å². The third-order valence-corrected chi connectivity index (χ3v) is 5.66. The predicted molar refractivity (Wildman–Crippen MR) is 100 cm³/mol. The summed E-state index contributed by atoms with van der Waals surface area (Å²) in [7, 11) is -3.93. The molecule has 0 amide bonds. The molecule has 0 heterocycles. The molecule has 0 saturated carbocycles. The van der Waals surface area contributed by atoms with E-state index in [4.69, 9.17) is 4.18 Å². The average molecular weight is 348 g/mol. The molecular weight excluding hydrogens is 332 g/mol. The van der Waals surface area contributed by atoms with Gasteiger partial charge in [0.15, 0.2) is 0 Å². The van der Waals surface area contributed by atoms with Crippen LogP contribution in [-0.2, 0) is 10.1 Å². The SMILES string of the molecule is Cc1c(OS(=O)(=O)c2cccc3ccccc23)ccc2ccccc12. The second-order valence-corrected chi connectivity index (χ2v) is 7.44. The Morgan fingerprint density at radius 2 is 1.28 bits per heavy atom. The van der Waals surface area contributed by atoms with Gasteiger partial charge >= 0.3 is 10.1 Å². The van der Waals surface area contributed by atoms with E-state index in [9.17, 15) is 8.42 Å². The lowest BCUT2D eigenvalue weighted by atomic mass is 10.1. The summed E-state index contributed by atoms with van der Waals surface area (Å²) in [5, 5.41) is 3.55. The molecule has 0 aliphatic rings. The van der Waals surface area contributed by atoms with Crippen molar-refractivity contribution in [2.45, 2.75) is 11.8 Å². The average Bonchev–Trinajstić information content (AvgIpc) is 2.64. The highest BCUT2D eigenvalue weighted by molar-refractivity contribution is 7.87. The zero-order chi connectivity index (χ0) is 17.4. The molecule has 0 saturated heterocycles. The Morgan fingerprint density at radius 1 is 0.680 bits per heavy atom. The van der Waals surface area contributed by atoms with Crippen LogP contribution in [0.5, 0.6) is 5.75 Å². The molecule has 0 aromatic heterocycles. The molecule has 0 spiro atoms.